The smallest absolute Gasteiger partial charge is 0.214 e. The molecule has 2 aromatic rings. The van der Waals surface area contributed by atoms with Gasteiger partial charge in [0, 0.05) is 38.6 Å². The van der Waals surface area contributed by atoms with Gasteiger partial charge in [-0.15, -0.1) is 0 Å². The minimum Gasteiger partial charge on any atom is -0.356 e. The normalized spacial score (nSPS) is 28.2. The molecule has 1 N–H and O–H groups in total. The van der Waals surface area contributed by atoms with E-state index in [2.05, 4.69) is 19.9 Å². The van der Waals surface area contributed by atoms with Crippen LogP contribution in [0.4, 0.5) is 5.82 Å². The van der Waals surface area contributed by atoms with Crippen LogP contribution in [0.3, 0.4) is 0 Å². The molecular weight excluding hydrogens is 438 g/mol. The van der Waals surface area contributed by atoms with Crippen molar-refractivity contribution in [1.29, 1.82) is 0 Å². The maximum Gasteiger partial charge on any atom is 0.214 e. The topological polar surface area (TPSA) is 116 Å². The zero-order valence-electron chi connectivity index (χ0n) is 18.2. The highest BCUT2D eigenvalue weighted by molar-refractivity contribution is 7.91. The average Bonchev–Trinajstić information content (AvgIpc) is 3.34. The summed E-state index contributed by atoms with van der Waals surface area (Å²) in [5, 5.41) is 0.378. The SMILES string of the molecule is C[C@H]1CN(S(=O)(=O)CC2CCC(N(C)c3ncnc4[nH]ccc34)CC2)C[C@H]1S(C)(=O)=O. The second kappa shape index (κ2) is 8.32. The van der Waals surface area contributed by atoms with Gasteiger partial charge in [0.2, 0.25) is 10.0 Å². The molecule has 0 aromatic carbocycles. The Morgan fingerprint density at radius 3 is 2.48 bits per heavy atom. The first-order valence-electron chi connectivity index (χ1n) is 10.7. The van der Waals surface area contributed by atoms with Crippen LogP contribution in [0.25, 0.3) is 11.0 Å². The fourth-order valence-corrected chi connectivity index (χ4v) is 8.56. The van der Waals surface area contributed by atoms with Gasteiger partial charge < -0.3 is 9.88 Å². The molecular formula is C20H31N5O4S2. The Bertz CT molecular complexity index is 1140. The van der Waals surface area contributed by atoms with Crippen LogP contribution in [0.2, 0.25) is 0 Å². The number of rotatable bonds is 6. The van der Waals surface area contributed by atoms with E-state index in [0.29, 0.717) is 12.6 Å². The van der Waals surface area contributed by atoms with Gasteiger partial charge in [-0.25, -0.2) is 31.1 Å². The highest BCUT2D eigenvalue weighted by Crippen LogP contribution is 2.33. The summed E-state index contributed by atoms with van der Waals surface area (Å²) in [6, 6.07) is 2.27. The standard InChI is InChI=1S/C20H31N5O4S2/c1-14-10-25(11-18(14)30(3,26)27)31(28,29)12-15-4-6-16(7-5-15)24(2)20-17-8-9-21-19(17)22-13-23-20/h8-9,13-16,18H,4-7,10-12H2,1-3H3,(H,21,22,23)/t14-,15?,16?,18+/m0/s1. The van der Waals surface area contributed by atoms with Crippen LogP contribution < -0.4 is 4.90 Å². The van der Waals surface area contributed by atoms with Crippen LogP contribution in [-0.2, 0) is 19.9 Å². The minimum atomic E-state index is -3.47. The van der Waals surface area contributed by atoms with Gasteiger partial charge in [0.1, 0.15) is 17.8 Å². The molecule has 9 nitrogen and oxygen atoms in total. The number of sulfonamides is 1. The maximum absolute atomic E-state index is 13.0. The number of hydrogen-bond donors (Lipinski definition) is 1. The molecule has 1 aliphatic heterocycles. The molecule has 31 heavy (non-hydrogen) atoms. The van der Waals surface area contributed by atoms with Crippen LogP contribution in [-0.4, -0.2) is 79.5 Å². The number of aromatic amines is 1. The molecule has 4 rings (SSSR count). The van der Waals surface area contributed by atoms with Gasteiger partial charge in [0.25, 0.3) is 0 Å². The third-order valence-electron chi connectivity index (χ3n) is 6.93. The molecule has 0 bridgehead atoms. The van der Waals surface area contributed by atoms with Gasteiger partial charge in [-0.2, -0.15) is 0 Å². The lowest BCUT2D eigenvalue weighted by atomic mass is 9.86. The van der Waals surface area contributed by atoms with Gasteiger partial charge in [-0.1, -0.05) is 6.92 Å². The molecule has 2 aromatic heterocycles. The van der Waals surface area contributed by atoms with E-state index in [1.165, 1.54) is 10.6 Å². The Labute approximate surface area is 184 Å². The van der Waals surface area contributed by atoms with Crippen molar-refractivity contribution >= 4 is 36.7 Å². The molecule has 1 saturated carbocycles. The fraction of sp³-hybridized carbons (Fsp3) is 0.700. The second-order valence-electron chi connectivity index (χ2n) is 9.16. The summed E-state index contributed by atoms with van der Waals surface area (Å²) in [5.41, 5.74) is 0.809. The first-order chi connectivity index (χ1) is 14.6. The van der Waals surface area contributed by atoms with E-state index >= 15 is 0 Å². The van der Waals surface area contributed by atoms with Gasteiger partial charge in [-0.3, -0.25) is 0 Å². The van der Waals surface area contributed by atoms with E-state index in [1.54, 1.807) is 6.33 Å². The molecule has 1 saturated heterocycles. The summed E-state index contributed by atoms with van der Waals surface area (Å²) in [6.45, 7) is 2.19. The van der Waals surface area contributed by atoms with Crippen LogP contribution >= 0.6 is 0 Å². The molecule has 2 atom stereocenters. The summed E-state index contributed by atoms with van der Waals surface area (Å²) in [7, 11) is -4.69. The summed E-state index contributed by atoms with van der Waals surface area (Å²) < 4.78 is 51.2. The lowest BCUT2D eigenvalue weighted by Crippen LogP contribution is -2.39. The average molecular weight is 470 g/mol. The summed E-state index contributed by atoms with van der Waals surface area (Å²) in [6.07, 6.45) is 8.06. The molecule has 3 heterocycles. The van der Waals surface area contributed by atoms with Gasteiger partial charge in [-0.05, 0) is 43.6 Å². The summed E-state index contributed by atoms with van der Waals surface area (Å²) >= 11 is 0. The van der Waals surface area contributed by atoms with Crippen molar-refractivity contribution in [2.75, 3.05) is 37.0 Å². The van der Waals surface area contributed by atoms with E-state index in [-0.39, 0.29) is 24.1 Å². The quantitative estimate of drug-likeness (QED) is 0.684. The highest BCUT2D eigenvalue weighted by atomic mass is 32.2. The largest absolute Gasteiger partial charge is 0.356 e. The number of aromatic nitrogens is 3. The first kappa shape index (κ1) is 22.5. The van der Waals surface area contributed by atoms with Crippen LogP contribution in [0.15, 0.2) is 18.6 Å². The Morgan fingerprint density at radius 1 is 1.13 bits per heavy atom. The minimum absolute atomic E-state index is 0.0841. The monoisotopic (exact) mass is 469 g/mol. The van der Waals surface area contributed by atoms with Crippen LogP contribution in [0.5, 0.6) is 0 Å². The van der Waals surface area contributed by atoms with E-state index in [9.17, 15) is 16.8 Å². The highest BCUT2D eigenvalue weighted by Gasteiger charge is 2.42. The Balaban J connectivity index is 1.36. The van der Waals surface area contributed by atoms with Crippen molar-refractivity contribution in [3.05, 3.63) is 18.6 Å². The van der Waals surface area contributed by atoms with E-state index in [1.807, 2.05) is 26.2 Å². The number of hydrogen-bond acceptors (Lipinski definition) is 7. The number of H-pyrrole nitrogens is 1. The lowest BCUT2D eigenvalue weighted by Gasteiger charge is -2.35. The zero-order valence-corrected chi connectivity index (χ0v) is 19.9. The van der Waals surface area contributed by atoms with E-state index in [0.717, 1.165) is 42.5 Å². The van der Waals surface area contributed by atoms with Crippen molar-refractivity contribution in [3.8, 4) is 0 Å². The van der Waals surface area contributed by atoms with Crippen molar-refractivity contribution in [1.82, 2.24) is 19.3 Å². The maximum atomic E-state index is 13.0. The molecule has 2 aliphatic rings. The molecule has 0 unspecified atom stereocenters. The summed E-state index contributed by atoms with van der Waals surface area (Å²) in [5.74, 6) is 0.912. The Hall–Kier alpha value is -1.72. The Morgan fingerprint density at radius 2 is 1.84 bits per heavy atom. The predicted octanol–water partition coefficient (Wildman–Crippen LogP) is 1.65. The zero-order chi connectivity index (χ0) is 22.4. The first-order valence-corrected chi connectivity index (χ1v) is 14.3. The van der Waals surface area contributed by atoms with Gasteiger partial charge in [0.15, 0.2) is 9.84 Å². The van der Waals surface area contributed by atoms with Crippen LogP contribution in [0.1, 0.15) is 32.6 Å². The number of nitrogens with one attached hydrogen (secondary N) is 1. The fourth-order valence-electron chi connectivity index (χ4n) is 5.09. The molecule has 0 amide bonds. The summed E-state index contributed by atoms with van der Waals surface area (Å²) in [4.78, 5) is 14.0. The number of fused-ring (bicyclic) bond motifs is 1. The predicted molar refractivity (Wildman–Crippen MR) is 121 cm³/mol. The van der Waals surface area contributed by atoms with Crippen LogP contribution in [0, 0.1) is 11.8 Å². The molecule has 2 fully saturated rings. The number of sulfone groups is 1. The lowest BCUT2D eigenvalue weighted by molar-refractivity contribution is 0.335. The number of nitrogens with zero attached hydrogens (tertiary/aromatic N) is 4. The molecule has 0 spiro atoms. The molecule has 11 heteroatoms. The van der Waals surface area contributed by atoms with E-state index < -0.39 is 25.1 Å². The Kier molecular flexibility index (Phi) is 6.04. The number of anilines is 1. The molecule has 1 aliphatic carbocycles. The van der Waals surface area contributed by atoms with E-state index in [4.69, 9.17) is 0 Å². The van der Waals surface area contributed by atoms with Crippen molar-refractivity contribution < 1.29 is 16.8 Å². The van der Waals surface area contributed by atoms with Crippen molar-refractivity contribution in [2.45, 2.75) is 43.9 Å². The van der Waals surface area contributed by atoms with Crippen molar-refractivity contribution in [3.63, 3.8) is 0 Å². The molecule has 172 valence electrons. The van der Waals surface area contributed by atoms with Crippen molar-refractivity contribution in [2.24, 2.45) is 11.8 Å². The van der Waals surface area contributed by atoms with Gasteiger partial charge >= 0.3 is 0 Å². The third-order valence-corrected chi connectivity index (χ3v) is 10.6. The molecule has 0 radical (unpaired) electrons. The van der Waals surface area contributed by atoms with Gasteiger partial charge in [0.05, 0.1) is 16.4 Å². The second-order valence-corrected chi connectivity index (χ2v) is 13.4. The third kappa shape index (κ3) is 4.58.